The van der Waals surface area contributed by atoms with Gasteiger partial charge < -0.3 is 5.32 Å². The van der Waals surface area contributed by atoms with Crippen molar-refractivity contribution in [1.82, 2.24) is 5.32 Å². The molecule has 0 aliphatic rings. The van der Waals surface area contributed by atoms with Gasteiger partial charge in [-0.2, -0.15) is 0 Å². The van der Waals surface area contributed by atoms with E-state index in [0.29, 0.717) is 6.54 Å². The largest absolute Gasteiger partial charge is 0.348 e. The van der Waals surface area contributed by atoms with Crippen LogP contribution in [0.5, 0.6) is 0 Å². The molecular weight excluding hydrogens is 272 g/mol. The third kappa shape index (κ3) is 4.85. The van der Waals surface area contributed by atoms with Gasteiger partial charge in [0.05, 0.1) is 0 Å². The van der Waals surface area contributed by atoms with Crippen molar-refractivity contribution in [3.8, 4) is 0 Å². The normalized spacial score (nSPS) is 11.6. The maximum absolute atomic E-state index is 11.8. The number of benzene rings is 1. The number of pyridine rings is 1. The molecule has 2 N–H and O–H groups in total. The van der Waals surface area contributed by atoms with E-state index in [2.05, 4.69) is 43.2 Å². The number of nitrogens with one attached hydrogen (secondary N) is 2. The van der Waals surface area contributed by atoms with Gasteiger partial charge in [-0.05, 0) is 28.7 Å². The summed E-state index contributed by atoms with van der Waals surface area (Å²) in [5.41, 5.74) is 3.50. The van der Waals surface area contributed by atoms with E-state index >= 15 is 0 Å². The molecule has 0 saturated carbocycles. The summed E-state index contributed by atoms with van der Waals surface area (Å²) in [6.45, 7) is 7.08. The SMILES string of the molecule is CC(C)(C)c1ccc(C=CC(=O)NCc2ccc[nH+]c2)cc1. The number of amides is 1. The zero-order chi connectivity index (χ0) is 16.0. The van der Waals surface area contributed by atoms with E-state index in [9.17, 15) is 4.79 Å². The number of rotatable bonds is 4. The Kier molecular flexibility index (Phi) is 5.10. The number of aromatic amines is 1. The highest BCUT2D eigenvalue weighted by Crippen LogP contribution is 2.22. The van der Waals surface area contributed by atoms with Crippen LogP contribution in [0.2, 0.25) is 0 Å². The van der Waals surface area contributed by atoms with E-state index in [-0.39, 0.29) is 11.3 Å². The minimum Gasteiger partial charge on any atom is -0.348 e. The molecule has 0 aliphatic heterocycles. The van der Waals surface area contributed by atoms with Crippen molar-refractivity contribution in [3.05, 3.63) is 71.6 Å². The lowest BCUT2D eigenvalue weighted by molar-refractivity contribution is -0.378. The molecule has 1 amide bonds. The van der Waals surface area contributed by atoms with Crippen LogP contribution in [0.1, 0.15) is 37.5 Å². The molecular formula is C19H23N2O+. The highest BCUT2D eigenvalue weighted by Gasteiger charge is 2.12. The van der Waals surface area contributed by atoms with Gasteiger partial charge in [0.15, 0.2) is 12.4 Å². The summed E-state index contributed by atoms with van der Waals surface area (Å²) in [4.78, 5) is 14.8. The molecule has 0 atom stereocenters. The molecule has 2 rings (SSSR count). The quantitative estimate of drug-likeness (QED) is 0.865. The van der Waals surface area contributed by atoms with E-state index in [4.69, 9.17) is 0 Å². The Labute approximate surface area is 132 Å². The molecule has 2 aromatic rings. The molecule has 22 heavy (non-hydrogen) atoms. The lowest BCUT2D eigenvalue weighted by atomic mass is 9.87. The van der Waals surface area contributed by atoms with Crippen molar-refractivity contribution in [3.63, 3.8) is 0 Å². The third-order valence-electron chi connectivity index (χ3n) is 3.44. The van der Waals surface area contributed by atoms with Gasteiger partial charge in [0.2, 0.25) is 5.91 Å². The van der Waals surface area contributed by atoms with Gasteiger partial charge in [-0.1, -0.05) is 45.0 Å². The molecule has 3 nitrogen and oxygen atoms in total. The molecule has 0 saturated heterocycles. The summed E-state index contributed by atoms with van der Waals surface area (Å²) >= 11 is 0. The standard InChI is InChI=1S/C19H22N2O/c1-19(2,3)17-9-6-15(7-10-17)8-11-18(22)21-14-16-5-4-12-20-13-16/h4-13H,14H2,1-3H3,(H,21,22)/p+1. The minimum atomic E-state index is -0.0937. The second kappa shape index (κ2) is 7.03. The summed E-state index contributed by atoms with van der Waals surface area (Å²) in [6.07, 6.45) is 7.11. The first-order chi connectivity index (χ1) is 10.4. The van der Waals surface area contributed by atoms with Crippen LogP contribution < -0.4 is 10.3 Å². The van der Waals surface area contributed by atoms with Crippen molar-refractivity contribution in [2.75, 3.05) is 0 Å². The van der Waals surface area contributed by atoms with Gasteiger partial charge in [-0.25, -0.2) is 4.98 Å². The highest BCUT2D eigenvalue weighted by molar-refractivity contribution is 5.91. The summed E-state index contributed by atoms with van der Waals surface area (Å²) in [5.74, 6) is -0.0937. The predicted octanol–water partition coefficient (Wildman–Crippen LogP) is 3.13. The van der Waals surface area contributed by atoms with Gasteiger partial charge in [0.25, 0.3) is 0 Å². The van der Waals surface area contributed by atoms with Crippen molar-refractivity contribution in [2.24, 2.45) is 0 Å². The Morgan fingerprint density at radius 3 is 2.50 bits per heavy atom. The van der Waals surface area contributed by atoms with E-state index in [1.807, 2.05) is 42.7 Å². The maximum atomic E-state index is 11.8. The van der Waals surface area contributed by atoms with Gasteiger partial charge in [-0.15, -0.1) is 0 Å². The van der Waals surface area contributed by atoms with Gasteiger partial charge in [0.1, 0.15) is 0 Å². The summed E-state index contributed by atoms with van der Waals surface area (Å²) in [5, 5.41) is 2.86. The fourth-order valence-corrected chi connectivity index (χ4v) is 2.05. The molecule has 0 aliphatic carbocycles. The Morgan fingerprint density at radius 1 is 1.18 bits per heavy atom. The second-order valence-corrected chi connectivity index (χ2v) is 6.33. The zero-order valence-electron chi connectivity index (χ0n) is 13.4. The number of H-pyrrole nitrogens is 1. The summed E-state index contributed by atoms with van der Waals surface area (Å²) in [7, 11) is 0. The van der Waals surface area contributed by atoms with Crippen molar-refractivity contribution in [2.45, 2.75) is 32.7 Å². The molecule has 1 heterocycles. The molecule has 3 heteroatoms. The summed E-state index contributed by atoms with van der Waals surface area (Å²) < 4.78 is 0. The van der Waals surface area contributed by atoms with Gasteiger partial charge in [0, 0.05) is 24.3 Å². The van der Waals surface area contributed by atoms with E-state index < -0.39 is 0 Å². The number of hydrogen-bond acceptors (Lipinski definition) is 1. The first-order valence-corrected chi connectivity index (χ1v) is 7.46. The monoisotopic (exact) mass is 295 g/mol. The van der Waals surface area contributed by atoms with Crippen LogP contribution in [-0.2, 0) is 16.8 Å². The fraction of sp³-hybridized carbons (Fsp3) is 0.263. The average Bonchev–Trinajstić information content (AvgIpc) is 2.51. The fourth-order valence-electron chi connectivity index (χ4n) is 2.05. The van der Waals surface area contributed by atoms with E-state index in [1.54, 1.807) is 6.08 Å². The topological polar surface area (TPSA) is 43.2 Å². The molecule has 0 radical (unpaired) electrons. The van der Waals surface area contributed by atoms with Crippen molar-refractivity contribution < 1.29 is 9.78 Å². The molecule has 0 fully saturated rings. The van der Waals surface area contributed by atoms with Crippen molar-refractivity contribution >= 4 is 12.0 Å². The zero-order valence-corrected chi connectivity index (χ0v) is 13.4. The molecule has 114 valence electrons. The number of carbonyl (C=O) groups is 1. The number of carbonyl (C=O) groups excluding carboxylic acids is 1. The lowest BCUT2D eigenvalue weighted by Crippen LogP contribution is -2.21. The van der Waals surface area contributed by atoms with Crippen LogP contribution in [0.3, 0.4) is 0 Å². The smallest absolute Gasteiger partial charge is 0.244 e. The first-order valence-electron chi connectivity index (χ1n) is 7.46. The molecule has 1 aromatic carbocycles. The first kappa shape index (κ1) is 16.0. The van der Waals surface area contributed by atoms with Crippen LogP contribution in [-0.4, -0.2) is 5.91 Å². The Bertz CT molecular complexity index is 637. The maximum Gasteiger partial charge on any atom is 0.244 e. The second-order valence-electron chi connectivity index (χ2n) is 6.33. The van der Waals surface area contributed by atoms with Crippen molar-refractivity contribution in [1.29, 1.82) is 0 Å². The summed E-state index contributed by atoms with van der Waals surface area (Å²) in [6, 6.07) is 12.2. The minimum absolute atomic E-state index is 0.0937. The predicted molar refractivity (Wildman–Crippen MR) is 89.0 cm³/mol. The third-order valence-corrected chi connectivity index (χ3v) is 3.44. The number of hydrogen-bond donors (Lipinski definition) is 1. The van der Waals surface area contributed by atoms with Gasteiger partial charge >= 0.3 is 0 Å². The van der Waals surface area contributed by atoms with Gasteiger partial charge in [-0.3, -0.25) is 4.79 Å². The lowest BCUT2D eigenvalue weighted by Gasteiger charge is -2.18. The van der Waals surface area contributed by atoms with Crippen LogP contribution >= 0.6 is 0 Å². The van der Waals surface area contributed by atoms with Crippen LogP contribution in [0.15, 0.2) is 54.9 Å². The molecule has 0 bridgehead atoms. The number of aromatic nitrogens is 1. The molecule has 0 unspecified atom stereocenters. The van der Waals surface area contributed by atoms with E-state index in [0.717, 1.165) is 11.1 Å². The van der Waals surface area contributed by atoms with Crippen LogP contribution in [0.25, 0.3) is 6.08 Å². The highest BCUT2D eigenvalue weighted by atomic mass is 16.1. The van der Waals surface area contributed by atoms with Crippen LogP contribution in [0, 0.1) is 0 Å². The van der Waals surface area contributed by atoms with E-state index in [1.165, 1.54) is 5.56 Å². The Balaban J connectivity index is 1.90. The van der Waals surface area contributed by atoms with Crippen LogP contribution in [0.4, 0.5) is 0 Å². The molecule has 1 aromatic heterocycles. The molecule has 0 spiro atoms. The Hall–Kier alpha value is -2.42. The average molecular weight is 295 g/mol. The Morgan fingerprint density at radius 2 is 1.91 bits per heavy atom.